The average molecular weight is 377 g/mol. The number of nitrogens with one attached hydrogen (secondary N) is 1. The molecule has 0 aliphatic carbocycles. The standard InChI is InChI=1S/C17H19N3O3S2/c1-23-15-5-3-2-4-13(15)17(22)20-11-25-9-14(20)16(21)18-7-6-12-8-24-10-19-12/h2-5,8,10,14H,6-7,9,11H2,1H3,(H,18,21)/t14-/m1/s1. The third-order valence-corrected chi connectivity index (χ3v) is 5.59. The van der Waals surface area contributed by atoms with E-state index in [1.54, 1.807) is 40.4 Å². The van der Waals surface area contributed by atoms with Crippen molar-refractivity contribution >= 4 is 34.9 Å². The Morgan fingerprint density at radius 1 is 1.40 bits per heavy atom. The largest absolute Gasteiger partial charge is 0.496 e. The highest BCUT2D eigenvalue weighted by molar-refractivity contribution is 7.99. The number of aromatic nitrogens is 1. The second-order valence-electron chi connectivity index (χ2n) is 5.51. The Labute approximate surface area is 154 Å². The third-order valence-electron chi connectivity index (χ3n) is 3.95. The molecule has 1 N–H and O–H groups in total. The summed E-state index contributed by atoms with van der Waals surface area (Å²) in [5.74, 6) is 1.32. The van der Waals surface area contributed by atoms with Crippen LogP contribution in [0, 0.1) is 0 Å². The Balaban J connectivity index is 1.63. The Morgan fingerprint density at radius 2 is 2.24 bits per heavy atom. The van der Waals surface area contributed by atoms with Gasteiger partial charge in [-0.05, 0) is 12.1 Å². The Morgan fingerprint density at radius 3 is 3.00 bits per heavy atom. The monoisotopic (exact) mass is 377 g/mol. The fourth-order valence-corrected chi connectivity index (χ4v) is 4.38. The highest BCUT2D eigenvalue weighted by Gasteiger charge is 2.35. The summed E-state index contributed by atoms with van der Waals surface area (Å²) in [7, 11) is 1.54. The van der Waals surface area contributed by atoms with Crippen molar-refractivity contribution in [3.05, 3.63) is 46.4 Å². The van der Waals surface area contributed by atoms with Gasteiger partial charge in [0.2, 0.25) is 5.91 Å². The van der Waals surface area contributed by atoms with Crippen LogP contribution in [-0.4, -0.2) is 53.0 Å². The zero-order chi connectivity index (χ0) is 17.6. The molecule has 132 valence electrons. The molecule has 1 aromatic carbocycles. The molecule has 1 aromatic heterocycles. The van der Waals surface area contributed by atoms with Crippen LogP contribution in [-0.2, 0) is 11.2 Å². The van der Waals surface area contributed by atoms with Crippen LogP contribution in [0.4, 0.5) is 0 Å². The fourth-order valence-electron chi connectivity index (χ4n) is 2.63. The van der Waals surface area contributed by atoms with Crippen LogP contribution in [0.25, 0.3) is 0 Å². The smallest absolute Gasteiger partial charge is 0.259 e. The minimum Gasteiger partial charge on any atom is -0.496 e. The molecule has 1 atom stereocenters. The first kappa shape index (κ1) is 17.8. The number of hydrogen-bond acceptors (Lipinski definition) is 6. The normalized spacial score (nSPS) is 16.7. The van der Waals surface area contributed by atoms with E-state index in [9.17, 15) is 9.59 Å². The molecule has 25 heavy (non-hydrogen) atoms. The number of amides is 2. The van der Waals surface area contributed by atoms with Gasteiger partial charge in [-0.2, -0.15) is 0 Å². The molecule has 0 bridgehead atoms. The summed E-state index contributed by atoms with van der Waals surface area (Å²) < 4.78 is 5.27. The van der Waals surface area contributed by atoms with Crippen LogP contribution in [0.5, 0.6) is 5.75 Å². The van der Waals surface area contributed by atoms with Gasteiger partial charge < -0.3 is 15.0 Å². The van der Waals surface area contributed by atoms with E-state index in [2.05, 4.69) is 10.3 Å². The number of thiazole rings is 1. The first-order chi connectivity index (χ1) is 12.2. The Bertz CT molecular complexity index is 736. The summed E-state index contributed by atoms with van der Waals surface area (Å²) >= 11 is 3.12. The number of benzene rings is 1. The number of methoxy groups -OCH3 is 1. The van der Waals surface area contributed by atoms with Crippen molar-refractivity contribution in [1.29, 1.82) is 0 Å². The molecule has 0 unspecified atom stereocenters. The first-order valence-corrected chi connectivity index (χ1v) is 9.97. The molecule has 2 amide bonds. The highest BCUT2D eigenvalue weighted by Crippen LogP contribution is 2.26. The summed E-state index contributed by atoms with van der Waals surface area (Å²) in [6, 6.07) is 6.62. The summed E-state index contributed by atoms with van der Waals surface area (Å²) in [6.45, 7) is 0.514. The second kappa shape index (κ2) is 8.35. The first-order valence-electron chi connectivity index (χ1n) is 7.87. The third kappa shape index (κ3) is 4.13. The maximum atomic E-state index is 12.8. The molecular weight excluding hydrogens is 358 g/mol. The lowest BCUT2D eigenvalue weighted by atomic mass is 10.1. The number of thioether (sulfide) groups is 1. The Hall–Kier alpha value is -2.06. The molecule has 1 aliphatic rings. The molecule has 6 nitrogen and oxygen atoms in total. The van der Waals surface area contributed by atoms with Gasteiger partial charge in [0.15, 0.2) is 0 Å². The van der Waals surface area contributed by atoms with Gasteiger partial charge in [-0.3, -0.25) is 9.59 Å². The van der Waals surface area contributed by atoms with Gasteiger partial charge in [-0.15, -0.1) is 23.1 Å². The molecule has 3 rings (SSSR count). The van der Waals surface area contributed by atoms with Crippen molar-refractivity contribution in [1.82, 2.24) is 15.2 Å². The topological polar surface area (TPSA) is 71.5 Å². The van der Waals surface area contributed by atoms with Crippen LogP contribution in [0.2, 0.25) is 0 Å². The van der Waals surface area contributed by atoms with E-state index in [1.807, 2.05) is 11.4 Å². The molecule has 1 saturated heterocycles. The van der Waals surface area contributed by atoms with E-state index in [4.69, 9.17) is 4.74 Å². The lowest BCUT2D eigenvalue weighted by Gasteiger charge is -2.23. The molecule has 2 aromatic rings. The van der Waals surface area contributed by atoms with Crippen molar-refractivity contribution in [3.63, 3.8) is 0 Å². The number of rotatable bonds is 6. The SMILES string of the molecule is COc1ccccc1C(=O)N1CSC[C@@H]1C(=O)NCCc1cscn1. The molecule has 0 saturated carbocycles. The van der Waals surface area contributed by atoms with Gasteiger partial charge in [0, 0.05) is 24.1 Å². The Kier molecular flexibility index (Phi) is 5.93. The molecule has 1 aliphatic heterocycles. The lowest BCUT2D eigenvalue weighted by molar-refractivity contribution is -0.124. The fraction of sp³-hybridized carbons (Fsp3) is 0.353. The number of para-hydroxylation sites is 1. The van der Waals surface area contributed by atoms with Crippen molar-refractivity contribution in [2.24, 2.45) is 0 Å². The van der Waals surface area contributed by atoms with E-state index in [0.29, 0.717) is 35.9 Å². The van der Waals surface area contributed by atoms with Gasteiger partial charge in [0.1, 0.15) is 11.8 Å². The van der Waals surface area contributed by atoms with Crippen LogP contribution in [0.15, 0.2) is 35.2 Å². The predicted octanol–water partition coefficient (Wildman–Crippen LogP) is 2.03. The summed E-state index contributed by atoms with van der Waals surface area (Å²) in [5.41, 5.74) is 3.22. The van der Waals surface area contributed by atoms with Gasteiger partial charge in [-0.25, -0.2) is 4.98 Å². The minimum atomic E-state index is -0.460. The summed E-state index contributed by atoms with van der Waals surface area (Å²) in [6.07, 6.45) is 0.690. The van der Waals surface area contributed by atoms with Crippen LogP contribution in [0.3, 0.4) is 0 Å². The zero-order valence-corrected chi connectivity index (χ0v) is 15.4. The van der Waals surface area contributed by atoms with Gasteiger partial charge in [0.05, 0.1) is 29.8 Å². The van der Waals surface area contributed by atoms with Gasteiger partial charge >= 0.3 is 0 Å². The molecule has 0 spiro atoms. The molecular formula is C17H19N3O3S2. The maximum Gasteiger partial charge on any atom is 0.259 e. The average Bonchev–Trinajstić information content (AvgIpc) is 3.32. The highest BCUT2D eigenvalue weighted by atomic mass is 32.2. The molecule has 1 fully saturated rings. The summed E-state index contributed by atoms with van der Waals surface area (Å²) in [5, 5.41) is 4.88. The van der Waals surface area contributed by atoms with Crippen molar-refractivity contribution in [2.75, 3.05) is 25.3 Å². The van der Waals surface area contributed by atoms with E-state index in [-0.39, 0.29) is 11.8 Å². The van der Waals surface area contributed by atoms with Crippen LogP contribution >= 0.6 is 23.1 Å². The predicted molar refractivity (Wildman–Crippen MR) is 99.1 cm³/mol. The second-order valence-corrected chi connectivity index (χ2v) is 7.23. The van der Waals surface area contributed by atoms with Crippen molar-refractivity contribution < 1.29 is 14.3 Å². The number of carbonyl (C=O) groups excluding carboxylic acids is 2. The lowest BCUT2D eigenvalue weighted by Crippen LogP contribution is -2.47. The van der Waals surface area contributed by atoms with E-state index < -0.39 is 6.04 Å². The number of hydrogen-bond donors (Lipinski definition) is 1. The maximum absolute atomic E-state index is 12.8. The van der Waals surface area contributed by atoms with E-state index in [0.717, 1.165) is 5.69 Å². The van der Waals surface area contributed by atoms with Crippen molar-refractivity contribution in [2.45, 2.75) is 12.5 Å². The van der Waals surface area contributed by atoms with Gasteiger partial charge in [-0.1, -0.05) is 12.1 Å². The quantitative estimate of drug-likeness (QED) is 0.834. The summed E-state index contributed by atoms with van der Waals surface area (Å²) in [4.78, 5) is 31.2. The number of ether oxygens (including phenoxy) is 1. The van der Waals surface area contributed by atoms with Crippen LogP contribution in [0.1, 0.15) is 16.1 Å². The zero-order valence-electron chi connectivity index (χ0n) is 13.8. The van der Waals surface area contributed by atoms with E-state index >= 15 is 0 Å². The van der Waals surface area contributed by atoms with Gasteiger partial charge in [0.25, 0.3) is 5.91 Å². The van der Waals surface area contributed by atoms with E-state index in [1.165, 1.54) is 18.4 Å². The van der Waals surface area contributed by atoms with Crippen molar-refractivity contribution in [3.8, 4) is 5.75 Å². The molecule has 8 heteroatoms. The number of nitrogens with zero attached hydrogens (tertiary/aromatic N) is 2. The molecule has 2 heterocycles. The van der Waals surface area contributed by atoms with Crippen LogP contribution < -0.4 is 10.1 Å². The number of carbonyl (C=O) groups is 2. The molecule has 0 radical (unpaired) electrons. The minimum absolute atomic E-state index is 0.122.